The monoisotopic (exact) mass is 234 g/mol. The maximum atomic E-state index is 10.1. The summed E-state index contributed by atoms with van der Waals surface area (Å²) in [6, 6.07) is 3.75. The second-order valence-electron chi connectivity index (χ2n) is 3.76. The number of aliphatic hydroxyl groups excluding tert-OH is 1. The molecule has 0 saturated carbocycles. The SMILES string of the molecule is Cc1nc(CC(O)c2cccnc2C)cs1. The van der Waals surface area contributed by atoms with E-state index < -0.39 is 6.10 Å². The van der Waals surface area contributed by atoms with Gasteiger partial charge in [-0.3, -0.25) is 4.98 Å². The number of hydrogen-bond donors (Lipinski definition) is 1. The van der Waals surface area contributed by atoms with Gasteiger partial charge in [0.05, 0.1) is 16.8 Å². The first-order chi connectivity index (χ1) is 7.66. The molecule has 2 aromatic heterocycles. The lowest BCUT2D eigenvalue weighted by molar-refractivity contribution is 0.176. The van der Waals surface area contributed by atoms with E-state index in [2.05, 4.69) is 9.97 Å². The van der Waals surface area contributed by atoms with Gasteiger partial charge in [0, 0.05) is 29.3 Å². The summed E-state index contributed by atoms with van der Waals surface area (Å²) >= 11 is 1.61. The van der Waals surface area contributed by atoms with Crippen LogP contribution in [0.2, 0.25) is 0 Å². The number of thiazole rings is 1. The summed E-state index contributed by atoms with van der Waals surface area (Å²) in [4.78, 5) is 8.51. The van der Waals surface area contributed by atoms with Crippen LogP contribution >= 0.6 is 11.3 Å². The van der Waals surface area contributed by atoms with E-state index in [9.17, 15) is 5.11 Å². The fraction of sp³-hybridized carbons (Fsp3) is 0.333. The van der Waals surface area contributed by atoms with Crippen molar-refractivity contribution in [2.45, 2.75) is 26.4 Å². The van der Waals surface area contributed by atoms with Crippen LogP contribution in [0.5, 0.6) is 0 Å². The Labute approximate surface area is 98.8 Å². The summed E-state index contributed by atoms with van der Waals surface area (Å²) in [6.07, 6.45) is 1.77. The van der Waals surface area contributed by atoms with Gasteiger partial charge < -0.3 is 5.11 Å². The van der Waals surface area contributed by atoms with Crippen LogP contribution in [0.4, 0.5) is 0 Å². The van der Waals surface area contributed by atoms with Crippen LogP contribution < -0.4 is 0 Å². The van der Waals surface area contributed by atoms with Crippen molar-refractivity contribution < 1.29 is 5.11 Å². The zero-order valence-corrected chi connectivity index (χ0v) is 10.2. The van der Waals surface area contributed by atoms with Crippen molar-refractivity contribution >= 4 is 11.3 Å². The topological polar surface area (TPSA) is 46.0 Å². The molecule has 0 radical (unpaired) electrons. The molecule has 0 aliphatic heterocycles. The number of pyridine rings is 1. The van der Waals surface area contributed by atoms with Crippen LogP contribution in [0.25, 0.3) is 0 Å². The molecule has 2 heterocycles. The molecule has 0 aromatic carbocycles. The van der Waals surface area contributed by atoms with Crippen molar-refractivity contribution in [3.05, 3.63) is 45.7 Å². The van der Waals surface area contributed by atoms with Gasteiger partial charge in [0.1, 0.15) is 0 Å². The van der Waals surface area contributed by atoms with Crippen molar-refractivity contribution in [2.75, 3.05) is 0 Å². The van der Waals surface area contributed by atoms with Gasteiger partial charge in [-0.1, -0.05) is 6.07 Å². The van der Waals surface area contributed by atoms with Gasteiger partial charge in [-0.2, -0.15) is 0 Å². The van der Waals surface area contributed by atoms with Crippen molar-refractivity contribution in [1.29, 1.82) is 0 Å². The van der Waals surface area contributed by atoms with E-state index in [1.165, 1.54) is 0 Å². The number of hydrogen-bond acceptors (Lipinski definition) is 4. The Balaban J connectivity index is 2.14. The van der Waals surface area contributed by atoms with E-state index in [0.29, 0.717) is 6.42 Å². The van der Waals surface area contributed by atoms with Crippen LogP contribution in [0, 0.1) is 13.8 Å². The van der Waals surface area contributed by atoms with E-state index >= 15 is 0 Å². The van der Waals surface area contributed by atoms with Crippen molar-refractivity contribution in [3.63, 3.8) is 0 Å². The van der Waals surface area contributed by atoms with E-state index in [4.69, 9.17) is 0 Å². The summed E-state index contributed by atoms with van der Waals surface area (Å²) < 4.78 is 0. The Morgan fingerprint density at radius 3 is 2.88 bits per heavy atom. The molecule has 0 saturated heterocycles. The molecule has 2 rings (SSSR count). The molecule has 4 heteroatoms. The average molecular weight is 234 g/mol. The maximum absolute atomic E-state index is 10.1. The molecule has 0 aliphatic carbocycles. The highest BCUT2D eigenvalue weighted by Crippen LogP contribution is 2.20. The van der Waals surface area contributed by atoms with Crippen molar-refractivity contribution in [2.24, 2.45) is 0 Å². The van der Waals surface area contributed by atoms with Crippen LogP contribution in [0.3, 0.4) is 0 Å². The van der Waals surface area contributed by atoms with E-state index in [1.54, 1.807) is 17.5 Å². The Morgan fingerprint density at radius 1 is 1.44 bits per heavy atom. The number of aryl methyl sites for hydroxylation is 2. The molecule has 1 atom stereocenters. The zero-order valence-electron chi connectivity index (χ0n) is 9.34. The first kappa shape index (κ1) is 11.2. The zero-order chi connectivity index (χ0) is 11.5. The molecule has 0 fully saturated rings. The highest BCUT2D eigenvalue weighted by atomic mass is 32.1. The Hall–Kier alpha value is -1.26. The number of nitrogens with zero attached hydrogens (tertiary/aromatic N) is 2. The van der Waals surface area contributed by atoms with E-state index in [1.807, 2.05) is 31.4 Å². The van der Waals surface area contributed by atoms with Crippen LogP contribution in [-0.2, 0) is 6.42 Å². The quantitative estimate of drug-likeness (QED) is 0.887. The fourth-order valence-corrected chi connectivity index (χ4v) is 2.28. The Bertz CT molecular complexity index is 481. The Morgan fingerprint density at radius 2 is 2.25 bits per heavy atom. The first-order valence-electron chi connectivity index (χ1n) is 5.17. The second-order valence-corrected chi connectivity index (χ2v) is 4.82. The third-order valence-corrected chi connectivity index (χ3v) is 3.30. The largest absolute Gasteiger partial charge is 0.388 e. The molecule has 0 bridgehead atoms. The predicted molar refractivity (Wildman–Crippen MR) is 64.5 cm³/mol. The molecule has 84 valence electrons. The van der Waals surface area contributed by atoms with Crippen LogP contribution in [0.1, 0.15) is 28.1 Å². The minimum Gasteiger partial charge on any atom is -0.388 e. The molecule has 2 aromatic rings. The highest BCUT2D eigenvalue weighted by molar-refractivity contribution is 7.09. The first-order valence-corrected chi connectivity index (χ1v) is 6.05. The number of aromatic nitrogens is 2. The van der Waals surface area contributed by atoms with Crippen LogP contribution in [-0.4, -0.2) is 15.1 Å². The van der Waals surface area contributed by atoms with Gasteiger partial charge >= 0.3 is 0 Å². The predicted octanol–water partition coefficient (Wildman–Crippen LogP) is 2.43. The molecular weight excluding hydrogens is 220 g/mol. The van der Waals surface area contributed by atoms with Gasteiger partial charge in [-0.05, 0) is 19.9 Å². The lowest BCUT2D eigenvalue weighted by Crippen LogP contribution is -2.05. The third kappa shape index (κ3) is 2.46. The van der Waals surface area contributed by atoms with E-state index in [-0.39, 0.29) is 0 Å². The van der Waals surface area contributed by atoms with Gasteiger partial charge in [0.15, 0.2) is 0 Å². The molecule has 0 spiro atoms. The van der Waals surface area contributed by atoms with Gasteiger partial charge in [0.25, 0.3) is 0 Å². The second kappa shape index (κ2) is 4.72. The maximum Gasteiger partial charge on any atom is 0.0897 e. The van der Waals surface area contributed by atoms with Gasteiger partial charge in [-0.15, -0.1) is 11.3 Å². The molecule has 1 unspecified atom stereocenters. The lowest BCUT2D eigenvalue weighted by atomic mass is 10.0. The summed E-state index contributed by atoms with van der Waals surface area (Å²) in [5, 5.41) is 13.1. The highest BCUT2D eigenvalue weighted by Gasteiger charge is 2.12. The number of rotatable bonds is 3. The van der Waals surface area contributed by atoms with Crippen LogP contribution in [0.15, 0.2) is 23.7 Å². The summed E-state index contributed by atoms with van der Waals surface area (Å²) in [5.74, 6) is 0. The van der Waals surface area contributed by atoms with Gasteiger partial charge in [-0.25, -0.2) is 4.98 Å². The minimum absolute atomic E-state index is 0.518. The summed E-state index contributed by atoms with van der Waals surface area (Å²) in [6.45, 7) is 3.88. The minimum atomic E-state index is -0.518. The average Bonchev–Trinajstić information content (AvgIpc) is 2.64. The smallest absolute Gasteiger partial charge is 0.0897 e. The summed E-state index contributed by atoms with van der Waals surface area (Å²) in [7, 11) is 0. The summed E-state index contributed by atoms with van der Waals surface area (Å²) in [5.41, 5.74) is 2.70. The molecule has 0 aliphatic rings. The normalized spacial score (nSPS) is 12.7. The molecule has 3 nitrogen and oxygen atoms in total. The van der Waals surface area contributed by atoms with Crippen molar-refractivity contribution in [1.82, 2.24) is 9.97 Å². The molecule has 16 heavy (non-hydrogen) atoms. The molecular formula is C12H14N2OS. The fourth-order valence-electron chi connectivity index (χ4n) is 1.66. The Kier molecular flexibility index (Phi) is 3.31. The lowest BCUT2D eigenvalue weighted by Gasteiger charge is -2.11. The third-order valence-electron chi connectivity index (χ3n) is 2.48. The standard InChI is InChI=1S/C12H14N2OS/c1-8-11(4-3-5-13-8)12(15)6-10-7-16-9(2)14-10/h3-5,7,12,15H,6H2,1-2H3. The number of aliphatic hydroxyl groups is 1. The molecule has 1 N–H and O–H groups in total. The van der Waals surface area contributed by atoms with Gasteiger partial charge in [0.2, 0.25) is 0 Å². The van der Waals surface area contributed by atoms with Crippen molar-refractivity contribution in [3.8, 4) is 0 Å². The van der Waals surface area contributed by atoms with E-state index in [0.717, 1.165) is 22.0 Å². The molecule has 0 amide bonds.